The summed E-state index contributed by atoms with van der Waals surface area (Å²) >= 11 is 0. The number of likely N-dealkylation sites (N-methyl/N-ethyl adjacent to an activating group) is 1. The molecule has 0 aromatic carbocycles. The standard InChI is InChI=1S/C11H24N2/c1-10(2)5-4-8-13(3)11-6-7-12-9-11/h10-12H,4-9H2,1-3H3. The third-order valence-electron chi connectivity index (χ3n) is 2.95. The van der Waals surface area contributed by atoms with Crippen molar-refractivity contribution in [1.29, 1.82) is 0 Å². The average Bonchev–Trinajstić information content (AvgIpc) is 2.55. The van der Waals surface area contributed by atoms with Crippen molar-refractivity contribution in [2.75, 3.05) is 26.7 Å². The van der Waals surface area contributed by atoms with Gasteiger partial charge < -0.3 is 10.2 Å². The molecule has 1 atom stereocenters. The molecule has 1 aliphatic rings. The smallest absolute Gasteiger partial charge is 0.0229 e. The Labute approximate surface area is 82.7 Å². The van der Waals surface area contributed by atoms with E-state index in [1.165, 1.54) is 38.9 Å². The van der Waals surface area contributed by atoms with Crippen LogP contribution in [0.3, 0.4) is 0 Å². The first-order valence-electron chi connectivity index (χ1n) is 5.61. The zero-order chi connectivity index (χ0) is 9.68. The molecule has 2 heteroatoms. The predicted molar refractivity (Wildman–Crippen MR) is 58.0 cm³/mol. The molecule has 0 aromatic rings. The highest BCUT2D eigenvalue weighted by Crippen LogP contribution is 2.09. The number of hydrogen-bond acceptors (Lipinski definition) is 2. The van der Waals surface area contributed by atoms with E-state index in [0.29, 0.717) is 0 Å². The van der Waals surface area contributed by atoms with E-state index in [9.17, 15) is 0 Å². The van der Waals surface area contributed by atoms with Crippen molar-refractivity contribution in [2.24, 2.45) is 5.92 Å². The maximum atomic E-state index is 3.41. The van der Waals surface area contributed by atoms with Crippen molar-refractivity contribution in [3.05, 3.63) is 0 Å². The Morgan fingerprint density at radius 3 is 2.77 bits per heavy atom. The van der Waals surface area contributed by atoms with E-state index < -0.39 is 0 Å². The van der Waals surface area contributed by atoms with E-state index in [-0.39, 0.29) is 0 Å². The van der Waals surface area contributed by atoms with Crippen molar-refractivity contribution >= 4 is 0 Å². The molecule has 2 nitrogen and oxygen atoms in total. The summed E-state index contributed by atoms with van der Waals surface area (Å²) in [6.45, 7) is 8.27. The van der Waals surface area contributed by atoms with Crippen LogP contribution in [0.25, 0.3) is 0 Å². The minimum Gasteiger partial charge on any atom is -0.315 e. The van der Waals surface area contributed by atoms with Crippen LogP contribution in [0.15, 0.2) is 0 Å². The summed E-state index contributed by atoms with van der Waals surface area (Å²) in [5.41, 5.74) is 0. The summed E-state index contributed by atoms with van der Waals surface area (Å²) in [6.07, 6.45) is 4.05. The fourth-order valence-corrected chi connectivity index (χ4v) is 1.95. The summed E-state index contributed by atoms with van der Waals surface area (Å²) in [5, 5.41) is 3.41. The zero-order valence-electron chi connectivity index (χ0n) is 9.34. The van der Waals surface area contributed by atoms with E-state index in [1.807, 2.05) is 0 Å². The quantitative estimate of drug-likeness (QED) is 0.700. The molecule has 1 saturated heterocycles. The lowest BCUT2D eigenvalue weighted by atomic mass is 10.1. The first-order chi connectivity index (χ1) is 6.20. The lowest BCUT2D eigenvalue weighted by Gasteiger charge is -2.23. The second-order valence-electron chi connectivity index (χ2n) is 4.66. The maximum Gasteiger partial charge on any atom is 0.0229 e. The van der Waals surface area contributed by atoms with Crippen LogP contribution < -0.4 is 5.32 Å². The SMILES string of the molecule is CC(C)CCCN(C)C1CCNC1. The van der Waals surface area contributed by atoms with Gasteiger partial charge in [0, 0.05) is 12.6 Å². The molecular weight excluding hydrogens is 160 g/mol. The molecule has 0 spiro atoms. The van der Waals surface area contributed by atoms with Crippen LogP contribution in [-0.2, 0) is 0 Å². The lowest BCUT2D eigenvalue weighted by Crippen LogP contribution is -2.34. The van der Waals surface area contributed by atoms with Gasteiger partial charge in [-0.3, -0.25) is 0 Å². The maximum absolute atomic E-state index is 3.41. The highest BCUT2D eigenvalue weighted by molar-refractivity contribution is 4.78. The highest BCUT2D eigenvalue weighted by Gasteiger charge is 2.18. The Morgan fingerprint density at radius 1 is 1.46 bits per heavy atom. The van der Waals surface area contributed by atoms with Crippen molar-refractivity contribution < 1.29 is 0 Å². The lowest BCUT2D eigenvalue weighted by molar-refractivity contribution is 0.248. The second-order valence-corrected chi connectivity index (χ2v) is 4.66. The Balaban J connectivity index is 2.06. The van der Waals surface area contributed by atoms with Crippen LogP contribution in [0, 0.1) is 5.92 Å². The molecule has 78 valence electrons. The predicted octanol–water partition coefficient (Wildman–Crippen LogP) is 1.72. The van der Waals surface area contributed by atoms with Crippen molar-refractivity contribution in [3.8, 4) is 0 Å². The van der Waals surface area contributed by atoms with Crippen LogP contribution >= 0.6 is 0 Å². The summed E-state index contributed by atoms with van der Waals surface area (Å²) in [7, 11) is 2.26. The second kappa shape index (κ2) is 5.61. The van der Waals surface area contributed by atoms with Crippen molar-refractivity contribution in [3.63, 3.8) is 0 Å². The Morgan fingerprint density at radius 2 is 2.23 bits per heavy atom. The Bertz CT molecular complexity index is 128. The molecule has 0 amide bonds. The van der Waals surface area contributed by atoms with Crippen molar-refractivity contribution in [2.45, 2.75) is 39.2 Å². The van der Waals surface area contributed by atoms with Gasteiger partial charge in [0.1, 0.15) is 0 Å². The minimum atomic E-state index is 0.798. The molecular formula is C11H24N2. The first kappa shape index (κ1) is 11.0. The van der Waals surface area contributed by atoms with Gasteiger partial charge in [-0.1, -0.05) is 13.8 Å². The molecule has 1 rings (SSSR count). The van der Waals surface area contributed by atoms with E-state index in [0.717, 1.165) is 12.0 Å². The molecule has 1 fully saturated rings. The van der Waals surface area contributed by atoms with Crippen LogP contribution in [0.1, 0.15) is 33.1 Å². The van der Waals surface area contributed by atoms with Crippen molar-refractivity contribution in [1.82, 2.24) is 10.2 Å². The summed E-state index contributed by atoms with van der Waals surface area (Å²) in [5.74, 6) is 0.857. The van der Waals surface area contributed by atoms with E-state index in [1.54, 1.807) is 0 Å². The summed E-state index contributed by atoms with van der Waals surface area (Å²) in [6, 6.07) is 0.798. The minimum absolute atomic E-state index is 0.798. The van der Waals surface area contributed by atoms with Gasteiger partial charge in [0.25, 0.3) is 0 Å². The molecule has 1 heterocycles. The fraction of sp³-hybridized carbons (Fsp3) is 1.00. The average molecular weight is 184 g/mol. The van der Waals surface area contributed by atoms with Crippen LogP contribution in [0.5, 0.6) is 0 Å². The summed E-state index contributed by atoms with van der Waals surface area (Å²) in [4.78, 5) is 2.52. The van der Waals surface area contributed by atoms with Crippen LogP contribution in [0.4, 0.5) is 0 Å². The van der Waals surface area contributed by atoms with E-state index >= 15 is 0 Å². The molecule has 0 saturated carbocycles. The van der Waals surface area contributed by atoms with Gasteiger partial charge >= 0.3 is 0 Å². The topological polar surface area (TPSA) is 15.3 Å². The molecule has 1 aliphatic heterocycles. The highest BCUT2D eigenvalue weighted by atomic mass is 15.2. The molecule has 1 unspecified atom stereocenters. The molecule has 0 radical (unpaired) electrons. The van der Waals surface area contributed by atoms with Gasteiger partial charge in [0.15, 0.2) is 0 Å². The van der Waals surface area contributed by atoms with Gasteiger partial charge in [-0.2, -0.15) is 0 Å². The van der Waals surface area contributed by atoms with Gasteiger partial charge in [-0.25, -0.2) is 0 Å². The molecule has 1 N–H and O–H groups in total. The van der Waals surface area contributed by atoms with E-state index in [4.69, 9.17) is 0 Å². The summed E-state index contributed by atoms with van der Waals surface area (Å²) < 4.78 is 0. The van der Waals surface area contributed by atoms with E-state index in [2.05, 4.69) is 31.1 Å². The molecule has 13 heavy (non-hydrogen) atoms. The molecule has 0 aromatic heterocycles. The fourth-order valence-electron chi connectivity index (χ4n) is 1.95. The van der Waals surface area contributed by atoms with Crippen LogP contribution in [-0.4, -0.2) is 37.6 Å². The largest absolute Gasteiger partial charge is 0.315 e. The van der Waals surface area contributed by atoms with Gasteiger partial charge in [-0.05, 0) is 45.3 Å². The number of rotatable bonds is 5. The normalized spacial score (nSPS) is 23.3. The van der Waals surface area contributed by atoms with Gasteiger partial charge in [0.05, 0.1) is 0 Å². The van der Waals surface area contributed by atoms with Gasteiger partial charge in [0.2, 0.25) is 0 Å². The molecule has 0 aliphatic carbocycles. The Hall–Kier alpha value is -0.0800. The number of nitrogens with one attached hydrogen (secondary N) is 1. The molecule has 0 bridgehead atoms. The number of hydrogen-bond donors (Lipinski definition) is 1. The third-order valence-corrected chi connectivity index (χ3v) is 2.95. The number of nitrogens with zero attached hydrogens (tertiary/aromatic N) is 1. The zero-order valence-corrected chi connectivity index (χ0v) is 9.34. The first-order valence-corrected chi connectivity index (χ1v) is 5.61. The van der Waals surface area contributed by atoms with Crippen LogP contribution in [0.2, 0.25) is 0 Å². The monoisotopic (exact) mass is 184 g/mol. The van der Waals surface area contributed by atoms with Gasteiger partial charge in [-0.15, -0.1) is 0 Å². The Kier molecular flexibility index (Phi) is 4.74. The third kappa shape index (κ3) is 4.10.